The van der Waals surface area contributed by atoms with Crippen LogP contribution in [0.15, 0.2) is 218 Å². The lowest BCUT2D eigenvalue weighted by molar-refractivity contribution is 0.631. The number of nitrogens with zero attached hydrogens (tertiary/aromatic N) is 1. The van der Waals surface area contributed by atoms with Gasteiger partial charge in [-0.3, -0.25) is 0 Å². The van der Waals surface area contributed by atoms with Gasteiger partial charge >= 0.3 is 0 Å². The van der Waals surface area contributed by atoms with E-state index in [-0.39, 0.29) is 5.82 Å². The molecule has 0 amide bonds. The average molecular weight is 694 g/mol. The smallest absolute Gasteiger partial charge is 0.131 e. The fourth-order valence-electron chi connectivity index (χ4n) is 7.47. The first kappa shape index (κ1) is 32.8. The molecule has 0 unspecified atom stereocenters. The first-order valence-electron chi connectivity index (χ1n) is 18.3. The molecule has 54 heavy (non-hydrogen) atoms. The largest absolute Gasteiger partial charge is 0.310 e. The number of hydrogen-bond acceptors (Lipinski definition) is 1. The molecule has 0 heterocycles. The summed E-state index contributed by atoms with van der Waals surface area (Å²) in [7, 11) is 0. The molecule has 9 rings (SSSR count). The number of benzene rings is 9. The third-order valence-electron chi connectivity index (χ3n) is 10.2. The zero-order valence-corrected chi connectivity index (χ0v) is 29.6. The fraction of sp³-hybridized carbons (Fsp3) is 0. The normalized spacial score (nSPS) is 11.1. The number of rotatable bonds is 8. The van der Waals surface area contributed by atoms with Crippen LogP contribution in [0, 0.1) is 5.82 Å². The highest BCUT2D eigenvalue weighted by atomic mass is 19.1. The average Bonchev–Trinajstić information content (AvgIpc) is 3.25. The second kappa shape index (κ2) is 14.5. The SMILES string of the molecule is Fc1ccccc1-c1cccc2cccc(-c3ccc(N(c4ccc(-c5ccc(-c6ccccc6)cc5)cc4)c4cccc(-c5ccccc5)c4)cc3)c12. The summed E-state index contributed by atoms with van der Waals surface area (Å²) in [4.78, 5) is 2.31. The van der Waals surface area contributed by atoms with Crippen LogP contribution in [-0.4, -0.2) is 0 Å². The molecule has 0 aliphatic heterocycles. The van der Waals surface area contributed by atoms with Crippen molar-refractivity contribution in [3.63, 3.8) is 0 Å². The Morgan fingerprint density at radius 2 is 0.704 bits per heavy atom. The van der Waals surface area contributed by atoms with Crippen LogP contribution >= 0.6 is 0 Å². The van der Waals surface area contributed by atoms with Gasteiger partial charge in [0, 0.05) is 22.6 Å². The second-order valence-electron chi connectivity index (χ2n) is 13.5. The van der Waals surface area contributed by atoms with Crippen LogP contribution in [0.25, 0.3) is 66.4 Å². The number of hydrogen-bond donors (Lipinski definition) is 0. The van der Waals surface area contributed by atoms with Crippen LogP contribution in [-0.2, 0) is 0 Å². The molecule has 0 saturated carbocycles. The van der Waals surface area contributed by atoms with Gasteiger partial charge in [-0.05, 0) is 103 Å². The second-order valence-corrected chi connectivity index (χ2v) is 13.5. The van der Waals surface area contributed by atoms with Gasteiger partial charge in [-0.15, -0.1) is 0 Å². The van der Waals surface area contributed by atoms with E-state index in [1.807, 2.05) is 36.4 Å². The van der Waals surface area contributed by atoms with Crippen molar-refractivity contribution < 1.29 is 4.39 Å². The van der Waals surface area contributed by atoms with Crippen molar-refractivity contribution in [1.82, 2.24) is 0 Å². The van der Waals surface area contributed by atoms with Crippen LogP contribution < -0.4 is 4.90 Å². The molecule has 0 spiro atoms. The number of halogens is 1. The van der Waals surface area contributed by atoms with E-state index < -0.39 is 0 Å². The van der Waals surface area contributed by atoms with Gasteiger partial charge in [-0.25, -0.2) is 4.39 Å². The lowest BCUT2D eigenvalue weighted by Gasteiger charge is -2.26. The van der Waals surface area contributed by atoms with Crippen molar-refractivity contribution in [3.8, 4) is 55.6 Å². The van der Waals surface area contributed by atoms with Crippen molar-refractivity contribution in [2.75, 3.05) is 4.90 Å². The first-order valence-corrected chi connectivity index (χ1v) is 18.3. The Morgan fingerprint density at radius 3 is 1.30 bits per heavy atom. The van der Waals surface area contributed by atoms with Gasteiger partial charge in [-0.1, -0.05) is 176 Å². The molecule has 0 bridgehead atoms. The van der Waals surface area contributed by atoms with Gasteiger partial charge < -0.3 is 4.90 Å². The molecule has 9 aromatic carbocycles. The molecule has 0 aliphatic carbocycles. The predicted molar refractivity (Wildman–Crippen MR) is 226 cm³/mol. The monoisotopic (exact) mass is 693 g/mol. The van der Waals surface area contributed by atoms with Crippen molar-refractivity contribution in [3.05, 3.63) is 224 Å². The maximum atomic E-state index is 15.1. The van der Waals surface area contributed by atoms with Crippen LogP contribution in [0.3, 0.4) is 0 Å². The Balaban J connectivity index is 1.11. The highest BCUT2D eigenvalue weighted by Gasteiger charge is 2.16. The molecule has 0 fully saturated rings. The Bertz CT molecular complexity index is 2680. The minimum absolute atomic E-state index is 0.223. The van der Waals surface area contributed by atoms with E-state index in [0.717, 1.165) is 55.7 Å². The summed E-state index contributed by atoms with van der Waals surface area (Å²) in [6.45, 7) is 0. The molecule has 0 aliphatic rings. The molecule has 2 heteroatoms. The zero-order chi connectivity index (χ0) is 36.3. The Morgan fingerprint density at radius 1 is 0.278 bits per heavy atom. The molecule has 0 radical (unpaired) electrons. The van der Waals surface area contributed by atoms with Crippen molar-refractivity contribution in [1.29, 1.82) is 0 Å². The molecular weight excluding hydrogens is 658 g/mol. The summed E-state index contributed by atoms with van der Waals surface area (Å²) in [5, 5.41) is 2.11. The lowest BCUT2D eigenvalue weighted by Crippen LogP contribution is -2.10. The summed E-state index contributed by atoms with van der Waals surface area (Å²) < 4.78 is 15.1. The lowest BCUT2D eigenvalue weighted by atomic mass is 9.91. The fourth-order valence-corrected chi connectivity index (χ4v) is 7.47. The van der Waals surface area contributed by atoms with Crippen molar-refractivity contribution in [2.24, 2.45) is 0 Å². The van der Waals surface area contributed by atoms with Crippen LogP contribution in [0.1, 0.15) is 0 Å². The molecule has 1 nitrogen and oxygen atoms in total. The standard InChI is InChI=1S/C52H36FN/c53-51-23-8-7-20-49(51)50-22-11-17-43-16-10-21-48(52(43)50)42-30-34-46(35-31-42)54(47-19-9-18-44(36-47)38-14-5-2-6-15-38)45-32-28-41(29-33-45)40-26-24-39(25-27-40)37-12-3-1-4-13-37/h1-36H. The summed E-state index contributed by atoms with van der Waals surface area (Å²) in [5.41, 5.74) is 13.9. The molecule has 0 N–H and O–H groups in total. The molecule has 256 valence electrons. The van der Waals surface area contributed by atoms with Gasteiger partial charge in [-0.2, -0.15) is 0 Å². The maximum absolute atomic E-state index is 15.1. The van der Waals surface area contributed by atoms with Gasteiger partial charge in [0.05, 0.1) is 0 Å². The van der Waals surface area contributed by atoms with E-state index >= 15 is 4.39 Å². The van der Waals surface area contributed by atoms with E-state index in [2.05, 4.69) is 175 Å². The molecule has 0 saturated heterocycles. The Labute approximate surface area is 315 Å². The van der Waals surface area contributed by atoms with Crippen LogP contribution in [0.5, 0.6) is 0 Å². The van der Waals surface area contributed by atoms with E-state index in [9.17, 15) is 0 Å². The summed E-state index contributed by atoms with van der Waals surface area (Å²) in [5.74, 6) is -0.223. The van der Waals surface area contributed by atoms with Crippen molar-refractivity contribution in [2.45, 2.75) is 0 Å². The van der Waals surface area contributed by atoms with Crippen LogP contribution in [0.2, 0.25) is 0 Å². The van der Waals surface area contributed by atoms with E-state index in [0.29, 0.717) is 5.56 Å². The molecule has 9 aromatic rings. The quantitative estimate of drug-likeness (QED) is 0.153. The predicted octanol–water partition coefficient (Wildman–Crippen LogP) is 14.8. The molecular formula is C52H36FN. The number of anilines is 3. The zero-order valence-electron chi connectivity index (χ0n) is 29.6. The first-order chi connectivity index (χ1) is 26.7. The minimum atomic E-state index is -0.223. The van der Waals surface area contributed by atoms with Gasteiger partial charge in [0.1, 0.15) is 5.82 Å². The molecule has 0 atom stereocenters. The highest BCUT2D eigenvalue weighted by Crippen LogP contribution is 2.41. The van der Waals surface area contributed by atoms with E-state index in [1.54, 1.807) is 6.07 Å². The van der Waals surface area contributed by atoms with Crippen LogP contribution in [0.4, 0.5) is 21.5 Å². The summed E-state index contributed by atoms with van der Waals surface area (Å²) in [6, 6.07) is 75.5. The van der Waals surface area contributed by atoms with Crippen molar-refractivity contribution >= 4 is 27.8 Å². The third kappa shape index (κ3) is 6.46. The van der Waals surface area contributed by atoms with E-state index in [4.69, 9.17) is 0 Å². The van der Waals surface area contributed by atoms with Gasteiger partial charge in [0.2, 0.25) is 0 Å². The molecule has 0 aromatic heterocycles. The minimum Gasteiger partial charge on any atom is -0.310 e. The summed E-state index contributed by atoms with van der Waals surface area (Å²) >= 11 is 0. The maximum Gasteiger partial charge on any atom is 0.131 e. The highest BCUT2D eigenvalue weighted by molar-refractivity contribution is 6.06. The number of fused-ring (bicyclic) bond motifs is 1. The summed E-state index contributed by atoms with van der Waals surface area (Å²) in [6.07, 6.45) is 0. The van der Waals surface area contributed by atoms with E-state index in [1.165, 1.54) is 28.3 Å². The Kier molecular flexibility index (Phi) is 8.84. The van der Waals surface area contributed by atoms with Gasteiger partial charge in [0.25, 0.3) is 0 Å². The Hall–Kier alpha value is -7.03. The van der Waals surface area contributed by atoms with Gasteiger partial charge in [0.15, 0.2) is 0 Å². The topological polar surface area (TPSA) is 3.24 Å². The third-order valence-corrected chi connectivity index (χ3v) is 10.2.